The summed E-state index contributed by atoms with van der Waals surface area (Å²) < 4.78 is 0. The van der Waals surface area contributed by atoms with E-state index in [-0.39, 0.29) is 23.9 Å². The van der Waals surface area contributed by atoms with Crippen molar-refractivity contribution in [1.29, 1.82) is 0 Å². The number of carbonyl (C=O) groups is 2. The van der Waals surface area contributed by atoms with Gasteiger partial charge in [0.2, 0.25) is 11.8 Å². The molecule has 2 unspecified atom stereocenters. The lowest BCUT2D eigenvalue weighted by Gasteiger charge is -2.03. The normalized spacial score (nSPS) is 16.1. The molecule has 1 rings (SSSR count). The quantitative estimate of drug-likeness (QED) is 0.0420. The van der Waals surface area contributed by atoms with Crippen LogP contribution in [-0.2, 0) is 9.59 Å². The molecule has 0 aliphatic heterocycles. The van der Waals surface area contributed by atoms with Gasteiger partial charge in [-0.2, -0.15) is 0 Å². The summed E-state index contributed by atoms with van der Waals surface area (Å²) in [6.07, 6.45) is 42.9. The zero-order valence-corrected chi connectivity index (χ0v) is 29.1. The molecule has 4 N–H and O–H groups in total. The van der Waals surface area contributed by atoms with Gasteiger partial charge in [-0.1, -0.05) is 153 Å². The van der Waals surface area contributed by atoms with Gasteiger partial charge in [0.05, 0.1) is 12.1 Å². The highest BCUT2D eigenvalue weighted by atomic mass is 16.3. The van der Waals surface area contributed by atoms with Gasteiger partial charge in [-0.15, -0.1) is 0 Å². The van der Waals surface area contributed by atoms with Crippen molar-refractivity contribution < 1.29 is 19.8 Å². The van der Waals surface area contributed by atoms with E-state index in [4.69, 9.17) is 10.2 Å². The van der Waals surface area contributed by atoms with Crippen molar-refractivity contribution in [3.63, 3.8) is 0 Å². The summed E-state index contributed by atoms with van der Waals surface area (Å²) in [6.45, 7) is 0.675. The minimum absolute atomic E-state index is 0.0500. The van der Waals surface area contributed by atoms with Crippen molar-refractivity contribution in [2.45, 2.75) is 198 Å². The molecule has 1 saturated carbocycles. The van der Waals surface area contributed by atoms with E-state index in [1.54, 1.807) is 12.2 Å². The predicted octanol–water partition coefficient (Wildman–Crippen LogP) is 9.38. The first-order valence-corrected chi connectivity index (χ1v) is 19.3. The molecule has 0 aromatic heterocycles. The van der Waals surface area contributed by atoms with Crippen LogP contribution < -0.4 is 10.6 Å². The van der Waals surface area contributed by atoms with Crippen LogP contribution in [0.2, 0.25) is 0 Å². The molecular formula is C39H72N2O4. The van der Waals surface area contributed by atoms with Crippen molar-refractivity contribution in [2.24, 2.45) is 0 Å². The number of hydrogen-bond acceptors (Lipinski definition) is 4. The van der Waals surface area contributed by atoms with E-state index in [0.29, 0.717) is 13.2 Å². The number of carbonyl (C=O) groups excluding carboxylic acids is 2. The monoisotopic (exact) mass is 633 g/mol. The Labute approximate surface area is 277 Å². The molecule has 45 heavy (non-hydrogen) atoms. The maximum atomic E-state index is 12.2. The SMILES string of the molecule is O=C(C=CCCCCCCCCCCCCCCCO)NC1CC1NC(=O)C=CCCCCCCCCCCCCCCCO. The molecule has 6 nitrogen and oxygen atoms in total. The van der Waals surface area contributed by atoms with Crippen molar-refractivity contribution in [2.75, 3.05) is 13.2 Å². The Balaban J connectivity index is 1.84. The van der Waals surface area contributed by atoms with Crippen LogP contribution in [0.4, 0.5) is 0 Å². The number of allylic oxidation sites excluding steroid dienone is 2. The van der Waals surface area contributed by atoms with Crippen LogP contribution >= 0.6 is 0 Å². The summed E-state index contributed by atoms with van der Waals surface area (Å²) in [6, 6.07) is 0.116. The number of amides is 2. The first-order chi connectivity index (χ1) is 22.2. The van der Waals surface area contributed by atoms with Gasteiger partial charge in [-0.25, -0.2) is 0 Å². The van der Waals surface area contributed by atoms with Gasteiger partial charge >= 0.3 is 0 Å². The highest BCUT2D eigenvalue weighted by Gasteiger charge is 2.38. The van der Waals surface area contributed by atoms with Crippen molar-refractivity contribution >= 4 is 11.8 Å². The van der Waals surface area contributed by atoms with Gasteiger partial charge in [0.25, 0.3) is 0 Å². The van der Waals surface area contributed by atoms with Gasteiger partial charge in [-0.3, -0.25) is 9.59 Å². The molecule has 1 aliphatic carbocycles. The lowest BCUT2D eigenvalue weighted by atomic mass is 10.0. The Hall–Kier alpha value is -1.66. The maximum Gasteiger partial charge on any atom is 0.243 e. The first-order valence-electron chi connectivity index (χ1n) is 19.3. The molecular weight excluding hydrogens is 560 g/mol. The molecule has 0 aromatic rings. The summed E-state index contributed by atoms with van der Waals surface area (Å²) in [4.78, 5) is 24.3. The Kier molecular flexibility index (Phi) is 29.7. The lowest BCUT2D eigenvalue weighted by Crippen LogP contribution is -2.33. The average molecular weight is 633 g/mol. The second kappa shape index (κ2) is 32.3. The van der Waals surface area contributed by atoms with E-state index in [2.05, 4.69) is 10.6 Å². The van der Waals surface area contributed by atoms with Gasteiger partial charge in [0, 0.05) is 13.2 Å². The Morgan fingerprint density at radius 1 is 0.422 bits per heavy atom. The zero-order chi connectivity index (χ0) is 32.5. The van der Waals surface area contributed by atoms with Gasteiger partial charge in [0.15, 0.2) is 0 Å². The van der Waals surface area contributed by atoms with E-state index in [9.17, 15) is 9.59 Å². The van der Waals surface area contributed by atoms with Gasteiger partial charge in [0.1, 0.15) is 0 Å². The standard InChI is InChI=1S/C39H72N2O4/c42-33-29-25-21-17-13-9-5-1-3-7-11-15-19-23-27-31-38(44)40-36-35-37(36)41-39(45)32-28-24-20-16-12-8-4-2-6-10-14-18-22-26-30-34-43/h27-28,31-32,36-37,42-43H,1-26,29-30,33-35H2,(H,40,44)(H,41,45). The average Bonchev–Trinajstić information content (AvgIpc) is 3.76. The third-order valence-electron chi connectivity index (χ3n) is 9.04. The van der Waals surface area contributed by atoms with E-state index in [1.165, 1.54) is 141 Å². The fourth-order valence-corrected chi connectivity index (χ4v) is 5.99. The molecule has 1 fully saturated rings. The summed E-state index contributed by atoms with van der Waals surface area (Å²) in [5.74, 6) is -0.100. The van der Waals surface area contributed by atoms with E-state index >= 15 is 0 Å². The van der Waals surface area contributed by atoms with Gasteiger partial charge < -0.3 is 20.8 Å². The smallest absolute Gasteiger partial charge is 0.243 e. The second-order valence-electron chi connectivity index (χ2n) is 13.5. The van der Waals surface area contributed by atoms with Crippen LogP contribution in [0.15, 0.2) is 24.3 Å². The van der Waals surface area contributed by atoms with Crippen molar-refractivity contribution in [3.8, 4) is 0 Å². The molecule has 2 amide bonds. The molecule has 2 atom stereocenters. The number of hydrogen-bond donors (Lipinski definition) is 4. The fourth-order valence-electron chi connectivity index (χ4n) is 5.99. The topological polar surface area (TPSA) is 98.7 Å². The molecule has 0 aromatic carbocycles. The summed E-state index contributed by atoms with van der Waals surface area (Å²) in [5.41, 5.74) is 0. The minimum atomic E-state index is -0.0500. The van der Waals surface area contributed by atoms with E-state index in [0.717, 1.165) is 44.9 Å². The molecule has 262 valence electrons. The van der Waals surface area contributed by atoms with Crippen LogP contribution in [0.3, 0.4) is 0 Å². The number of rotatable bonds is 34. The van der Waals surface area contributed by atoms with Crippen LogP contribution in [-0.4, -0.2) is 47.3 Å². The molecule has 0 radical (unpaired) electrons. The minimum Gasteiger partial charge on any atom is -0.396 e. The summed E-state index contributed by atoms with van der Waals surface area (Å²) in [5, 5.41) is 23.6. The Morgan fingerprint density at radius 3 is 0.933 bits per heavy atom. The third kappa shape index (κ3) is 29.5. The third-order valence-corrected chi connectivity index (χ3v) is 9.04. The summed E-state index contributed by atoms with van der Waals surface area (Å²) >= 11 is 0. The van der Waals surface area contributed by atoms with E-state index in [1.807, 2.05) is 12.2 Å². The first kappa shape index (κ1) is 41.4. The molecule has 0 bridgehead atoms. The van der Waals surface area contributed by atoms with E-state index < -0.39 is 0 Å². The maximum absolute atomic E-state index is 12.2. The summed E-state index contributed by atoms with van der Waals surface area (Å²) in [7, 11) is 0. The zero-order valence-electron chi connectivity index (χ0n) is 29.1. The number of aliphatic hydroxyl groups is 2. The molecule has 0 spiro atoms. The van der Waals surface area contributed by atoms with Crippen molar-refractivity contribution in [1.82, 2.24) is 10.6 Å². The molecule has 0 heterocycles. The van der Waals surface area contributed by atoms with Crippen LogP contribution in [0.25, 0.3) is 0 Å². The highest BCUT2D eigenvalue weighted by Crippen LogP contribution is 2.21. The van der Waals surface area contributed by atoms with Crippen molar-refractivity contribution in [3.05, 3.63) is 24.3 Å². The Bertz CT molecular complexity index is 679. The lowest BCUT2D eigenvalue weighted by molar-refractivity contribution is -0.118. The highest BCUT2D eigenvalue weighted by molar-refractivity contribution is 5.89. The molecule has 6 heteroatoms. The predicted molar refractivity (Wildman–Crippen MR) is 190 cm³/mol. The Morgan fingerprint density at radius 2 is 0.667 bits per heavy atom. The largest absolute Gasteiger partial charge is 0.396 e. The second-order valence-corrected chi connectivity index (χ2v) is 13.5. The van der Waals surface area contributed by atoms with Crippen LogP contribution in [0, 0.1) is 0 Å². The van der Waals surface area contributed by atoms with Crippen LogP contribution in [0.1, 0.15) is 186 Å². The number of aliphatic hydroxyl groups excluding tert-OH is 2. The van der Waals surface area contributed by atoms with Gasteiger partial charge in [-0.05, 0) is 57.1 Å². The molecule has 0 saturated heterocycles. The number of nitrogens with one attached hydrogen (secondary N) is 2. The fraction of sp³-hybridized carbons (Fsp3) is 0.846. The molecule has 1 aliphatic rings. The number of unbranched alkanes of at least 4 members (excludes halogenated alkanes) is 26. The van der Waals surface area contributed by atoms with Crippen LogP contribution in [0.5, 0.6) is 0 Å².